The highest BCUT2D eigenvalue weighted by Gasteiger charge is 2.38. The highest BCUT2D eigenvalue weighted by molar-refractivity contribution is 5.78. The van der Waals surface area contributed by atoms with Crippen LogP contribution >= 0.6 is 0 Å². The molecule has 1 N–H and O–H groups in total. The Bertz CT molecular complexity index is 238. The van der Waals surface area contributed by atoms with E-state index in [1.807, 2.05) is 0 Å². The average molecular weight is 231 g/mol. The molecular weight excluding hydrogens is 210 g/mol. The summed E-state index contributed by atoms with van der Waals surface area (Å²) in [5, 5.41) is 9.97. The van der Waals surface area contributed by atoms with Gasteiger partial charge in [0.15, 0.2) is 5.60 Å². The summed E-state index contributed by atoms with van der Waals surface area (Å²) in [6.07, 6.45) is 2.25. The highest BCUT2D eigenvalue weighted by Crippen LogP contribution is 2.28. The molecular formula is C11H21NO4. The fourth-order valence-corrected chi connectivity index (χ4v) is 1.72. The van der Waals surface area contributed by atoms with E-state index in [1.54, 1.807) is 7.11 Å². The van der Waals surface area contributed by atoms with Crippen LogP contribution in [0.2, 0.25) is 0 Å². The molecule has 1 fully saturated rings. The lowest BCUT2D eigenvalue weighted by Gasteiger charge is -2.29. The lowest BCUT2D eigenvalue weighted by atomic mass is 10.1. The van der Waals surface area contributed by atoms with Gasteiger partial charge in [-0.05, 0) is 19.8 Å². The lowest BCUT2D eigenvalue weighted by Crippen LogP contribution is -2.49. The molecule has 1 rings (SSSR count). The van der Waals surface area contributed by atoms with E-state index in [0.717, 1.165) is 19.4 Å². The van der Waals surface area contributed by atoms with Crippen molar-refractivity contribution in [3.8, 4) is 0 Å². The number of rotatable bonds is 7. The molecule has 5 nitrogen and oxygen atoms in total. The second-order valence-corrected chi connectivity index (χ2v) is 4.46. The van der Waals surface area contributed by atoms with E-state index in [-0.39, 0.29) is 0 Å². The largest absolute Gasteiger partial charge is 0.467 e. The first-order chi connectivity index (χ1) is 7.51. The van der Waals surface area contributed by atoms with Crippen molar-refractivity contribution in [2.24, 2.45) is 0 Å². The summed E-state index contributed by atoms with van der Waals surface area (Å²) in [6, 6.07) is 0.478. The normalized spacial score (nSPS) is 19.6. The quantitative estimate of drug-likeness (QED) is 0.626. The standard InChI is InChI=1S/C11H21NO4/c1-11(14,10(13)16-3)8-12(6-7-15-2)9-4-5-9/h9,14H,4-8H2,1-3H3. The van der Waals surface area contributed by atoms with E-state index in [2.05, 4.69) is 9.64 Å². The number of ether oxygens (including phenoxy) is 2. The number of nitrogens with zero attached hydrogens (tertiary/aromatic N) is 1. The Labute approximate surface area is 96.3 Å². The third-order valence-electron chi connectivity index (χ3n) is 2.78. The second-order valence-electron chi connectivity index (χ2n) is 4.46. The second kappa shape index (κ2) is 5.61. The van der Waals surface area contributed by atoms with E-state index in [0.29, 0.717) is 19.2 Å². The fourth-order valence-electron chi connectivity index (χ4n) is 1.72. The maximum absolute atomic E-state index is 11.4. The Balaban J connectivity index is 2.49. The highest BCUT2D eigenvalue weighted by atomic mass is 16.5. The number of carbonyl (C=O) groups is 1. The minimum atomic E-state index is -1.44. The molecule has 1 saturated carbocycles. The minimum absolute atomic E-state index is 0.299. The van der Waals surface area contributed by atoms with Gasteiger partial charge >= 0.3 is 5.97 Å². The number of aliphatic hydroxyl groups is 1. The lowest BCUT2D eigenvalue weighted by molar-refractivity contribution is -0.162. The van der Waals surface area contributed by atoms with Gasteiger partial charge in [-0.1, -0.05) is 0 Å². The predicted molar refractivity (Wildman–Crippen MR) is 59.1 cm³/mol. The Morgan fingerprint density at radius 3 is 2.56 bits per heavy atom. The molecule has 0 saturated heterocycles. The summed E-state index contributed by atoms with van der Waals surface area (Å²) in [7, 11) is 2.93. The summed E-state index contributed by atoms with van der Waals surface area (Å²) in [5.74, 6) is -0.587. The van der Waals surface area contributed by atoms with Gasteiger partial charge in [-0.15, -0.1) is 0 Å². The predicted octanol–water partition coefficient (Wildman–Crippen LogP) is 0.0212. The molecule has 1 unspecified atom stereocenters. The number of carbonyl (C=O) groups excluding carboxylic acids is 1. The van der Waals surface area contributed by atoms with E-state index in [9.17, 15) is 9.90 Å². The van der Waals surface area contributed by atoms with Crippen LogP contribution in [0.1, 0.15) is 19.8 Å². The van der Waals surface area contributed by atoms with Crippen LogP contribution in [-0.2, 0) is 14.3 Å². The van der Waals surface area contributed by atoms with Gasteiger partial charge in [0.2, 0.25) is 0 Å². The van der Waals surface area contributed by atoms with Crippen LogP contribution in [0.4, 0.5) is 0 Å². The van der Waals surface area contributed by atoms with Crippen molar-refractivity contribution in [1.82, 2.24) is 4.90 Å². The molecule has 1 atom stereocenters. The molecule has 0 bridgehead atoms. The van der Waals surface area contributed by atoms with Gasteiger partial charge in [0.1, 0.15) is 0 Å². The summed E-state index contributed by atoms with van der Waals surface area (Å²) < 4.78 is 9.59. The smallest absolute Gasteiger partial charge is 0.338 e. The molecule has 5 heteroatoms. The van der Waals surface area contributed by atoms with Crippen molar-refractivity contribution in [3.63, 3.8) is 0 Å². The average Bonchev–Trinajstić information content (AvgIpc) is 3.06. The molecule has 16 heavy (non-hydrogen) atoms. The zero-order valence-corrected chi connectivity index (χ0v) is 10.2. The molecule has 94 valence electrons. The Morgan fingerprint density at radius 2 is 2.12 bits per heavy atom. The fraction of sp³-hybridized carbons (Fsp3) is 0.909. The third-order valence-corrected chi connectivity index (χ3v) is 2.78. The van der Waals surface area contributed by atoms with Crippen LogP contribution in [0, 0.1) is 0 Å². The van der Waals surface area contributed by atoms with Crippen molar-refractivity contribution < 1.29 is 19.4 Å². The van der Waals surface area contributed by atoms with E-state index >= 15 is 0 Å². The Hall–Kier alpha value is -0.650. The molecule has 0 aromatic heterocycles. The molecule has 0 heterocycles. The minimum Gasteiger partial charge on any atom is -0.467 e. The monoisotopic (exact) mass is 231 g/mol. The summed E-state index contributed by atoms with van der Waals surface area (Å²) in [5.41, 5.74) is -1.44. The van der Waals surface area contributed by atoms with Crippen molar-refractivity contribution in [2.45, 2.75) is 31.4 Å². The molecule has 0 amide bonds. The van der Waals surface area contributed by atoms with Gasteiger partial charge < -0.3 is 14.6 Å². The van der Waals surface area contributed by atoms with Crippen LogP contribution in [0.25, 0.3) is 0 Å². The third kappa shape index (κ3) is 3.73. The van der Waals surface area contributed by atoms with Gasteiger partial charge in [0.05, 0.1) is 13.7 Å². The van der Waals surface area contributed by atoms with Crippen LogP contribution in [-0.4, -0.2) is 61.5 Å². The first kappa shape index (κ1) is 13.4. The SMILES string of the molecule is COCCN(CC(C)(O)C(=O)OC)C1CC1. The first-order valence-corrected chi connectivity index (χ1v) is 5.55. The van der Waals surface area contributed by atoms with E-state index < -0.39 is 11.6 Å². The number of hydrogen-bond acceptors (Lipinski definition) is 5. The molecule has 0 aromatic carbocycles. The number of esters is 1. The van der Waals surface area contributed by atoms with E-state index in [4.69, 9.17) is 4.74 Å². The van der Waals surface area contributed by atoms with E-state index in [1.165, 1.54) is 14.0 Å². The topological polar surface area (TPSA) is 59.0 Å². The van der Waals surface area contributed by atoms with Crippen LogP contribution in [0.15, 0.2) is 0 Å². The number of hydrogen-bond donors (Lipinski definition) is 1. The molecule has 0 aliphatic heterocycles. The Morgan fingerprint density at radius 1 is 1.50 bits per heavy atom. The molecule has 0 aromatic rings. The van der Waals surface area contributed by atoms with Crippen molar-refractivity contribution in [3.05, 3.63) is 0 Å². The molecule has 0 radical (unpaired) electrons. The molecule has 1 aliphatic rings. The van der Waals surface area contributed by atoms with Crippen molar-refractivity contribution in [2.75, 3.05) is 33.9 Å². The molecule has 1 aliphatic carbocycles. The van der Waals surface area contributed by atoms with Gasteiger partial charge in [0, 0.05) is 26.2 Å². The van der Waals surface area contributed by atoms with Crippen molar-refractivity contribution >= 4 is 5.97 Å². The summed E-state index contributed by atoms with van der Waals surface area (Å²) >= 11 is 0. The van der Waals surface area contributed by atoms with Crippen LogP contribution in [0.3, 0.4) is 0 Å². The van der Waals surface area contributed by atoms with Gasteiger partial charge in [0.25, 0.3) is 0 Å². The number of methoxy groups -OCH3 is 2. The van der Waals surface area contributed by atoms with Crippen LogP contribution in [0.5, 0.6) is 0 Å². The maximum atomic E-state index is 11.4. The summed E-state index contributed by atoms with van der Waals surface area (Å²) in [6.45, 7) is 3.12. The summed E-state index contributed by atoms with van der Waals surface area (Å²) in [4.78, 5) is 13.4. The maximum Gasteiger partial charge on any atom is 0.338 e. The van der Waals surface area contributed by atoms with Gasteiger partial charge in [-0.25, -0.2) is 4.79 Å². The first-order valence-electron chi connectivity index (χ1n) is 5.55. The van der Waals surface area contributed by atoms with Crippen molar-refractivity contribution in [1.29, 1.82) is 0 Å². The zero-order chi connectivity index (χ0) is 12.2. The zero-order valence-electron chi connectivity index (χ0n) is 10.2. The molecule has 0 spiro atoms. The van der Waals surface area contributed by atoms with Gasteiger partial charge in [-0.2, -0.15) is 0 Å². The Kier molecular flexibility index (Phi) is 4.70. The van der Waals surface area contributed by atoms with Crippen LogP contribution < -0.4 is 0 Å². The van der Waals surface area contributed by atoms with Gasteiger partial charge in [-0.3, -0.25) is 4.90 Å².